The fourth-order valence-corrected chi connectivity index (χ4v) is 3.83. The predicted molar refractivity (Wildman–Crippen MR) is 61.7 cm³/mol. The van der Waals surface area contributed by atoms with Gasteiger partial charge in [0.2, 0.25) is 0 Å². The van der Waals surface area contributed by atoms with E-state index in [4.69, 9.17) is 0 Å². The van der Waals surface area contributed by atoms with Crippen LogP contribution in [-0.2, 0) is 0 Å². The summed E-state index contributed by atoms with van der Waals surface area (Å²) >= 11 is 2.07. The number of aliphatic hydroxyl groups is 1. The van der Waals surface area contributed by atoms with Gasteiger partial charge in [0.15, 0.2) is 0 Å². The Morgan fingerprint density at radius 2 is 2.14 bits per heavy atom. The molecule has 2 aliphatic rings. The molecule has 1 aliphatic heterocycles. The minimum absolute atomic E-state index is 0.0905. The van der Waals surface area contributed by atoms with E-state index in [1.165, 1.54) is 43.6 Å². The number of thioether (sulfide) groups is 1. The van der Waals surface area contributed by atoms with Gasteiger partial charge < -0.3 is 10.4 Å². The quantitative estimate of drug-likeness (QED) is 0.747. The lowest BCUT2D eigenvalue weighted by Gasteiger charge is -2.29. The van der Waals surface area contributed by atoms with Crippen LogP contribution < -0.4 is 5.32 Å². The van der Waals surface area contributed by atoms with Gasteiger partial charge in [0, 0.05) is 5.54 Å². The summed E-state index contributed by atoms with van der Waals surface area (Å²) in [6.07, 6.45) is 6.27. The molecule has 3 heteroatoms. The first kappa shape index (κ1) is 10.8. The van der Waals surface area contributed by atoms with E-state index in [9.17, 15) is 5.11 Å². The third kappa shape index (κ3) is 2.44. The van der Waals surface area contributed by atoms with E-state index < -0.39 is 0 Å². The fraction of sp³-hybridized carbons (Fsp3) is 1.00. The summed E-state index contributed by atoms with van der Waals surface area (Å²) in [6, 6.07) is 0. The average molecular weight is 215 g/mol. The SMILES string of the molecule is OCC1(NCC2CCSC2)CCCC1. The van der Waals surface area contributed by atoms with Crippen LogP contribution in [0.25, 0.3) is 0 Å². The highest BCUT2D eigenvalue weighted by Gasteiger charge is 2.33. The molecule has 1 unspecified atom stereocenters. The monoisotopic (exact) mass is 215 g/mol. The Balaban J connectivity index is 1.76. The molecule has 2 N–H and O–H groups in total. The van der Waals surface area contributed by atoms with Gasteiger partial charge in [0.1, 0.15) is 0 Å². The first-order valence-corrected chi connectivity index (χ1v) is 6.94. The largest absolute Gasteiger partial charge is 0.394 e. The number of nitrogens with one attached hydrogen (secondary N) is 1. The van der Waals surface area contributed by atoms with Gasteiger partial charge in [0.05, 0.1) is 6.61 Å². The van der Waals surface area contributed by atoms with Gasteiger partial charge in [-0.25, -0.2) is 0 Å². The fourth-order valence-electron chi connectivity index (χ4n) is 2.55. The van der Waals surface area contributed by atoms with Crippen LogP contribution in [0.4, 0.5) is 0 Å². The molecule has 82 valence electrons. The topological polar surface area (TPSA) is 32.3 Å². The molecule has 2 nitrogen and oxygen atoms in total. The van der Waals surface area contributed by atoms with E-state index >= 15 is 0 Å². The van der Waals surface area contributed by atoms with Crippen LogP contribution in [0.2, 0.25) is 0 Å². The maximum atomic E-state index is 9.42. The van der Waals surface area contributed by atoms with E-state index in [0.717, 1.165) is 12.5 Å². The molecule has 0 aromatic heterocycles. The zero-order valence-corrected chi connectivity index (χ0v) is 9.61. The van der Waals surface area contributed by atoms with Crippen LogP contribution in [-0.4, -0.2) is 35.3 Å². The minimum Gasteiger partial charge on any atom is -0.394 e. The second-order valence-corrected chi connectivity index (χ2v) is 5.91. The van der Waals surface area contributed by atoms with Crippen molar-refractivity contribution >= 4 is 11.8 Å². The Morgan fingerprint density at radius 3 is 2.71 bits per heavy atom. The van der Waals surface area contributed by atoms with Crippen molar-refractivity contribution in [2.45, 2.75) is 37.6 Å². The maximum absolute atomic E-state index is 9.42. The number of rotatable bonds is 4. The van der Waals surface area contributed by atoms with Crippen molar-refractivity contribution in [3.05, 3.63) is 0 Å². The zero-order chi connectivity index (χ0) is 9.86. The lowest BCUT2D eigenvalue weighted by Crippen LogP contribution is -2.48. The summed E-state index contributed by atoms with van der Waals surface area (Å²) in [5, 5.41) is 13.0. The molecule has 1 aliphatic carbocycles. The molecule has 1 saturated heterocycles. The van der Waals surface area contributed by atoms with Gasteiger partial charge in [-0.05, 0) is 43.2 Å². The Labute approximate surface area is 90.8 Å². The molecule has 0 bridgehead atoms. The van der Waals surface area contributed by atoms with E-state index in [2.05, 4.69) is 17.1 Å². The summed E-state index contributed by atoms with van der Waals surface area (Å²) in [6.45, 7) is 1.44. The lowest BCUT2D eigenvalue weighted by molar-refractivity contribution is 0.160. The Bertz CT molecular complexity index is 174. The molecule has 2 fully saturated rings. The molecule has 1 heterocycles. The van der Waals surface area contributed by atoms with Gasteiger partial charge in [-0.15, -0.1) is 0 Å². The van der Waals surface area contributed by atoms with E-state index in [0.29, 0.717) is 6.61 Å². The van der Waals surface area contributed by atoms with Crippen molar-refractivity contribution in [2.24, 2.45) is 5.92 Å². The molecular weight excluding hydrogens is 194 g/mol. The van der Waals surface area contributed by atoms with Crippen molar-refractivity contribution < 1.29 is 5.11 Å². The van der Waals surface area contributed by atoms with Gasteiger partial charge in [-0.1, -0.05) is 12.8 Å². The second-order valence-electron chi connectivity index (χ2n) is 4.76. The van der Waals surface area contributed by atoms with Crippen molar-refractivity contribution in [1.82, 2.24) is 5.32 Å². The normalized spacial score (nSPS) is 31.1. The number of hydrogen-bond acceptors (Lipinski definition) is 3. The highest BCUT2D eigenvalue weighted by Crippen LogP contribution is 2.30. The molecule has 2 rings (SSSR count). The van der Waals surface area contributed by atoms with Crippen molar-refractivity contribution in [2.75, 3.05) is 24.7 Å². The Hall–Kier alpha value is 0.270. The van der Waals surface area contributed by atoms with Crippen molar-refractivity contribution in [3.8, 4) is 0 Å². The minimum atomic E-state index is 0.0905. The van der Waals surface area contributed by atoms with E-state index in [-0.39, 0.29) is 5.54 Å². The Kier molecular flexibility index (Phi) is 3.74. The summed E-state index contributed by atoms with van der Waals surface area (Å²) < 4.78 is 0. The molecule has 0 aromatic carbocycles. The molecule has 0 spiro atoms. The molecule has 0 aromatic rings. The summed E-state index contributed by atoms with van der Waals surface area (Å²) in [4.78, 5) is 0. The van der Waals surface area contributed by atoms with Gasteiger partial charge in [-0.3, -0.25) is 0 Å². The van der Waals surface area contributed by atoms with Crippen LogP contribution in [0, 0.1) is 5.92 Å². The third-order valence-electron chi connectivity index (χ3n) is 3.65. The predicted octanol–water partition coefficient (Wildman–Crippen LogP) is 1.63. The molecule has 1 saturated carbocycles. The van der Waals surface area contributed by atoms with Crippen LogP contribution in [0.15, 0.2) is 0 Å². The molecular formula is C11H21NOS. The summed E-state index contributed by atoms with van der Waals surface area (Å²) in [5.41, 5.74) is 0.0905. The van der Waals surface area contributed by atoms with Crippen LogP contribution in [0.5, 0.6) is 0 Å². The average Bonchev–Trinajstić information content (AvgIpc) is 2.87. The molecule has 14 heavy (non-hydrogen) atoms. The van der Waals surface area contributed by atoms with Gasteiger partial charge in [0.25, 0.3) is 0 Å². The highest BCUT2D eigenvalue weighted by atomic mass is 32.2. The first-order valence-electron chi connectivity index (χ1n) is 5.78. The number of aliphatic hydroxyl groups excluding tert-OH is 1. The van der Waals surface area contributed by atoms with Crippen molar-refractivity contribution in [3.63, 3.8) is 0 Å². The maximum Gasteiger partial charge on any atom is 0.0613 e. The molecule has 0 amide bonds. The molecule has 1 atom stereocenters. The van der Waals surface area contributed by atoms with Crippen LogP contribution in [0.3, 0.4) is 0 Å². The third-order valence-corrected chi connectivity index (χ3v) is 4.88. The smallest absolute Gasteiger partial charge is 0.0613 e. The standard InChI is InChI=1S/C11H21NOS/c13-9-11(4-1-2-5-11)12-7-10-3-6-14-8-10/h10,12-13H,1-9H2. The lowest BCUT2D eigenvalue weighted by atomic mass is 9.97. The second kappa shape index (κ2) is 4.86. The summed E-state index contributed by atoms with van der Waals surface area (Å²) in [7, 11) is 0. The van der Waals surface area contributed by atoms with Crippen molar-refractivity contribution in [1.29, 1.82) is 0 Å². The Morgan fingerprint density at radius 1 is 1.36 bits per heavy atom. The van der Waals surface area contributed by atoms with Crippen LogP contribution in [0.1, 0.15) is 32.1 Å². The molecule has 0 radical (unpaired) electrons. The van der Waals surface area contributed by atoms with Gasteiger partial charge >= 0.3 is 0 Å². The summed E-state index contributed by atoms with van der Waals surface area (Å²) in [5.74, 6) is 3.50. The zero-order valence-electron chi connectivity index (χ0n) is 8.80. The highest BCUT2D eigenvalue weighted by molar-refractivity contribution is 7.99. The van der Waals surface area contributed by atoms with E-state index in [1.807, 2.05) is 0 Å². The first-order chi connectivity index (χ1) is 6.85. The number of hydrogen-bond donors (Lipinski definition) is 2. The van der Waals surface area contributed by atoms with Gasteiger partial charge in [-0.2, -0.15) is 11.8 Å². The van der Waals surface area contributed by atoms with Crippen LogP contribution >= 0.6 is 11.8 Å². The van der Waals surface area contributed by atoms with E-state index in [1.54, 1.807) is 0 Å².